The molecule has 0 saturated heterocycles. The molecular weight excluding hydrogens is 348 g/mol. The fourth-order valence-corrected chi connectivity index (χ4v) is 3.79. The van der Waals surface area contributed by atoms with Gasteiger partial charge in [-0.25, -0.2) is 0 Å². The highest BCUT2D eigenvalue weighted by atomic mass is 32.1. The third-order valence-corrected chi connectivity index (χ3v) is 5.22. The first-order valence-electron chi connectivity index (χ1n) is 8.42. The van der Waals surface area contributed by atoms with E-state index >= 15 is 0 Å². The first-order valence-corrected chi connectivity index (χ1v) is 9.23. The van der Waals surface area contributed by atoms with E-state index in [1.54, 1.807) is 6.08 Å². The normalized spacial score (nSPS) is 14.7. The standard InChI is InChI=1S/C20H18N2O3S/c1-22-15-5-2-3-6-18(15)26-20(22)21-19(23)10-8-14-7-9-16-17(13-14)25-12-4-11-24-16/h2-3,5-10,13H,4,11-12H2,1H3. The number of benzene rings is 2. The molecule has 1 aliphatic rings. The van der Waals surface area contributed by atoms with Crippen molar-refractivity contribution < 1.29 is 14.3 Å². The van der Waals surface area contributed by atoms with Gasteiger partial charge in [0, 0.05) is 19.5 Å². The maximum Gasteiger partial charge on any atom is 0.272 e. The van der Waals surface area contributed by atoms with Gasteiger partial charge in [0.15, 0.2) is 16.3 Å². The fourth-order valence-electron chi connectivity index (χ4n) is 2.77. The Morgan fingerprint density at radius 2 is 1.96 bits per heavy atom. The van der Waals surface area contributed by atoms with Crippen molar-refractivity contribution in [2.75, 3.05) is 13.2 Å². The molecule has 1 aromatic heterocycles. The summed E-state index contributed by atoms with van der Waals surface area (Å²) in [6.07, 6.45) is 4.08. The number of aromatic nitrogens is 1. The van der Waals surface area contributed by atoms with Crippen LogP contribution in [0.3, 0.4) is 0 Å². The molecule has 0 fully saturated rings. The number of aryl methyl sites for hydroxylation is 1. The molecule has 4 rings (SSSR count). The summed E-state index contributed by atoms with van der Waals surface area (Å²) in [6.45, 7) is 1.29. The van der Waals surface area contributed by atoms with Crippen LogP contribution >= 0.6 is 11.3 Å². The molecule has 132 valence electrons. The molecule has 0 radical (unpaired) electrons. The van der Waals surface area contributed by atoms with Gasteiger partial charge in [0.1, 0.15) is 0 Å². The Balaban J connectivity index is 1.57. The Bertz CT molecular complexity index is 1060. The van der Waals surface area contributed by atoms with Gasteiger partial charge in [0.2, 0.25) is 0 Å². The fraction of sp³-hybridized carbons (Fsp3) is 0.200. The second-order valence-electron chi connectivity index (χ2n) is 5.95. The molecular formula is C20H18N2O3S. The number of amides is 1. The van der Waals surface area contributed by atoms with Crippen LogP contribution in [-0.2, 0) is 11.8 Å². The zero-order valence-electron chi connectivity index (χ0n) is 14.3. The van der Waals surface area contributed by atoms with Gasteiger partial charge in [0.25, 0.3) is 5.91 Å². The predicted octanol–water partition coefficient (Wildman–Crippen LogP) is 3.54. The van der Waals surface area contributed by atoms with E-state index < -0.39 is 0 Å². The van der Waals surface area contributed by atoms with E-state index in [0.29, 0.717) is 23.8 Å². The van der Waals surface area contributed by atoms with Crippen LogP contribution in [0.5, 0.6) is 11.5 Å². The van der Waals surface area contributed by atoms with Crippen molar-refractivity contribution in [1.29, 1.82) is 0 Å². The maximum atomic E-state index is 12.2. The van der Waals surface area contributed by atoms with E-state index in [0.717, 1.165) is 28.0 Å². The van der Waals surface area contributed by atoms with Crippen LogP contribution in [-0.4, -0.2) is 23.7 Å². The van der Waals surface area contributed by atoms with Crippen LogP contribution in [0.15, 0.2) is 53.5 Å². The Hall–Kier alpha value is -2.86. The summed E-state index contributed by atoms with van der Waals surface area (Å²) in [5.41, 5.74) is 1.94. The topological polar surface area (TPSA) is 52.8 Å². The number of carbonyl (C=O) groups excluding carboxylic acids is 1. The molecule has 0 aliphatic carbocycles. The molecule has 2 heterocycles. The highest BCUT2D eigenvalue weighted by molar-refractivity contribution is 7.16. The molecule has 6 heteroatoms. The number of thiazole rings is 1. The minimum atomic E-state index is -0.292. The van der Waals surface area contributed by atoms with Crippen molar-refractivity contribution in [2.45, 2.75) is 6.42 Å². The van der Waals surface area contributed by atoms with Gasteiger partial charge < -0.3 is 14.0 Å². The molecule has 0 saturated carbocycles. The van der Waals surface area contributed by atoms with Crippen LogP contribution in [0, 0.1) is 0 Å². The number of rotatable bonds is 2. The zero-order chi connectivity index (χ0) is 17.9. The quantitative estimate of drug-likeness (QED) is 0.652. The third-order valence-electron chi connectivity index (χ3n) is 4.11. The van der Waals surface area contributed by atoms with Crippen LogP contribution in [0.1, 0.15) is 12.0 Å². The Labute approximate surface area is 154 Å². The highest BCUT2D eigenvalue weighted by Gasteiger charge is 2.10. The Morgan fingerprint density at radius 3 is 2.81 bits per heavy atom. The van der Waals surface area contributed by atoms with Crippen LogP contribution in [0.25, 0.3) is 16.3 Å². The molecule has 2 aromatic carbocycles. The van der Waals surface area contributed by atoms with E-state index in [1.807, 2.05) is 54.1 Å². The highest BCUT2D eigenvalue weighted by Crippen LogP contribution is 2.30. The summed E-state index contributed by atoms with van der Waals surface area (Å²) < 4.78 is 14.3. The second-order valence-corrected chi connectivity index (χ2v) is 6.96. The Morgan fingerprint density at radius 1 is 1.15 bits per heavy atom. The molecule has 0 atom stereocenters. The van der Waals surface area contributed by atoms with Crippen molar-refractivity contribution >= 4 is 33.5 Å². The molecule has 26 heavy (non-hydrogen) atoms. The van der Waals surface area contributed by atoms with Crippen molar-refractivity contribution in [3.8, 4) is 11.5 Å². The number of para-hydroxylation sites is 1. The van der Waals surface area contributed by atoms with Gasteiger partial charge in [-0.15, -0.1) is 0 Å². The number of ether oxygens (including phenoxy) is 2. The largest absolute Gasteiger partial charge is 0.490 e. The Kier molecular flexibility index (Phi) is 4.58. The lowest BCUT2D eigenvalue weighted by Gasteiger charge is -2.07. The molecule has 0 unspecified atom stereocenters. The lowest BCUT2D eigenvalue weighted by atomic mass is 10.2. The molecule has 0 spiro atoms. The minimum absolute atomic E-state index is 0.292. The summed E-state index contributed by atoms with van der Waals surface area (Å²) in [7, 11) is 1.92. The number of hydrogen-bond donors (Lipinski definition) is 0. The van der Waals surface area contributed by atoms with Gasteiger partial charge in [-0.2, -0.15) is 4.99 Å². The summed E-state index contributed by atoms with van der Waals surface area (Å²) >= 11 is 1.50. The number of carbonyl (C=O) groups is 1. The second kappa shape index (κ2) is 7.17. The van der Waals surface area contributed by atoms with Gasteiger partial charge in [-0.3, -0.25) is 4.79 Å². The minimum Gasteiger partial charge on any atom is -0.490 e. The van der Waals surface area contributed by atoms with Gasteiger partial charge in [-0.05, 0) is 35.9 Å². The average Bonchev–Trinajstić information content (AvgIpc) is 2.83. The summed E-state index contributed by atoms with van der Waals surface area (Å²) in [5, 5.41) is 0. The van der Waals surface area contributed by atoms with Crippen LogP contribution < -0.4 is 14.3 Å². The predicted molar refractivity (Wildman–Crippen MR) is 102 cm³/mol. The van der Waals surface area contributed by atoms with Gasteiger partial charge in [0.05, 0.1) is 23.4 Å². The number of nitrogens with zero attached hydrogens (tertiary/aromatic N) is 2. The van der Waals surface area contributed by atoms with Gasteiger partial charge >= 0.3 is 0 Å². The zero-order valence-corrected chi connectivity index (χ0v) is 15.2. The number of hydrogen-bond acceptors (Lipinski definition) is 4. The van der Waals surface area contributed by atoms with E-state index in [-0.39, 0.29) is 5.91 Å². The molecule has 0 N–H and O–H groups in total. The van der Waals surface area contributed by atoms with E-state index in [9.17, 15) is 4.79 Å². The first-order chi connectivity index (χ1) is 12.7. The monoisotopic (exact) mass is 366 g/mol. The maximum absolute atomic E-state index is 12.2. The lowest BCUT2D eigenvalue weighted by molar-refractivity contribution is -0.113. The molecule has 1 amide bonds. The van der Waals surface area contributed by atoms with E-state index in [4.69, 9.17) is 9.47 Å². The summed E-state index contributed by atoms with van der Waals surface area (Å²) in [5.74, 6) is 1.16. The molecule has 1 aliphatic heterocycles. The molecule has 3 aromatic rings. The summed E-state index contributed by atoms with van der Waals surface area (Å²) in [6, 6.07) is 13.6. The van der Waals surface area contributed by atoms with Crippen molar-refractivity contribution in [2.24, 2.45) is 12.0 Å². The lowest BCUT2D eigenvalue weighted by Crippen LogP contribution is -2.12. The van der Waals surface area contributed by atoms with E-state index in [2.05, 4.69) is 4.99 Å². The first kappa shape index (κ1) is 16.6. The van der Waals surface area contributed by atoms with Crippen molar-refractivity contribution in [3.63, 3.8) is 0 Å². The number of fused-ring (bicyclic) bond motifs is 2. The third kappa shape index (κ3) is 3.41. The van der Waals surface area contributed by atoms with Crippen molar-refractivity contribution in [1.82, 2.24) is 4.57 Å². The van der Waals surface area contributed by atoms with E-state index in [1.165, 1.54) is 17.4 Å². The molecule has 0 bridgehead atoms. The average molecular weight is 366 g/mol. The van der Waals surface area contributed by atoms with Crippen LogP contribution in [0.2, 0.25) is 0 Å². The van der Waals surface area contributed by atoms with Gasteiger partial charge in [-0.1, -0.05) is 29.5 Å². The van der Waals surface area contributed by atoms with Crippen molar-refractivity contribution in [3.05, 3.63) is 58.9 Å². The smallest absolute Gasteiger partial charge is 0.272 e. The van der Waals surface area contributed by atoms with Crippen LogP contribution in [0.4, 0.5) is 0 Å². The summed E-state index contributed by atoms with van der Waals surface area (Å²) in [4.78, 5) is 17.1. The molecule has 5 nitrogen and oxygen atoms in total. The SMILES string of the molecule is Cn1c(=NC(=O)C=Cc2ccc3c(c2)OCCCO3)sc2ccccc21.